The van der Waals surface area contributed by atoms with E-state index in [1.807, 2.05) is 18.7 Å². The summed E-state index contributed by atoms with van der Waals surface area (Å²) in [7, 11) is 0. The summed E-state index contributed by atoms with van der Waals surface area (Å²) in [6.45, 7) is 5.08. The molecule has 2 N–H and O–H groups in total. The van der Waals surface area contributed by atoms with E-state index < -0.39 is 6.09 Å². The third kappa shape index (κ3) is 4.61. The Bertz CT molecular complexity index is 1170. The van der Waals surface area contributed by atoms with Gasteiger partial charge in [-0.05, 0) is 57.1 Å². The monoisotopic (exact) mass is 456 g/mol. The van der Waals surface area contributed by atoms with Crippen molar-refractivity contribution in [2.45, 2.75) is 58.0 Å². The smallest absolute Gasteiger partial charge is 0.404 e. The molecule has 0 bridgehead atoms. The maximum atomic E-state index is 15.5. The lowest BCUT2D eigenvalue weighted by Crippen LogP contribution is -2.38. The normalized spacial score (nSPS) is 18.8. The summed E-state index contributed by atoms with van der Waals surface area (Å²) < 4.78 is 23.1. The number of benzene rings is 1. The largest absolute Gasteiger partial charge is 0.493 e. The lowest BCUT2D eigenvalue weighted by atomic mass is 10.0. The van der Waals surface area contributed by atoms with Crippen LogP contribution in [0.2, 0.25) is 0 Å². The summed E-state index contributed by atoms with van der Waals surface area (Å²) in [4.78, 5) is 26.0. The minimum absolute atomic E-state index is 0.0658. The highest BCUT2D eigenvalue weighted by molar-refractivity contribution is 5.92. The molecule has 0 radical (unpaired) electrons. The summed E-state index contributed by atoms with van der Waals surface area (Å²) >= 11 is 0. The van der Waals surface area contributed by atoms with E-state index in [4.69, 9.17) is 15.1 Å². The number of carboxylic acid groups (broad SMARTS) is 1. The van der Waals surface area contributed by atoms with Crippen LogP contribution < -0.4 is 20.5 Å². The minimum Gasteiger partial charge on any atom is -0.493 e. The maximum Gasteiger partial charge on any atom is 0.404 e. The van der Waals surface area contributed by atoms with Gasteiger partial charge in [0.05, 0.1) is 23.9 Å². The Balaban J connectivity index is 1.74. The van der Waals surface area contributed by atoms with Gasteiger partial charge in [0, 0.05) is 43.0 Å². The van der Waals surface area contributed by atoms with Crippen molar-refractivity contribution in [2.75, 3.05) is 24.6 Å². The first-order valence-electron chi connectivity index (χ1n) is 11.4. The molecule has 1 amide bonds. The van der Waals surface area contributed by atoms with Crippen LogP contribution in [-0.4, -0.2) is 41.5 Å². The van der Waals surface area contributed by atoms with Crippen LogP contribution in [0.3, 0.4) is 0 Å². The maximum absolute atomic E-state index is 15.5. The number of nitrogens with zero attached hydrogens (tertiary/aromatic N) is 3. The molecule has 0 spiro atoms. The highest BCUT2D eigenvalue weighted by Crippen LogP contribution is 2.42. The summed E-state index contributed by atoms with van der Waals surface area (Å²) in [5.74, 6) is 0.0235. The molecule has 8 nitrogen and oxygen atoms in total. The molecule has 2 atom stereocenters. The first-order chi connectivity index (χ1) is 15.8. The number of aryl methyl sites for hydroxylation is 1. The molecule has 1 aromatic carbocycles. The fraction of sp³-hybridized carbons (Fsp3) is 0.542. The number of unbranched alkanes of at least 4 members (excludes halogenated alkanes) is 1. The number of hydrogen-bond donors (Lipinski definition) is 2. The van der Waals surface area contributed by atoms with Crippen LogP contribution in [0.15, 0.2) is 16.9 Å². The van der Waals surface area contributed by atoms with Crippen molar-refractivity contribution in [3.63, 3.8) is 0 Å². The Labute approximate surface area is 191 Å². The zero-order valence-corrected chi connectivity index (χ0v) is 18.9. The predicted molar refractivity (Wildman–Crippen MR) is 122 cm³/mol. The second-order valence-corrected chi connectivity index (χ2v) is 9.02. The molecule has 1 saturated heterocycles. The van der Waals surface area contributed by atoms with E-state index in [2.05, 4.69) is 11.4 Å². The summed E-state index contributed by atoms with van der Waals surface area (Å²) in [6, 6.07) is 4.80. The summed E-state index contributed by atoms with van der Waals surface area (Å²) in [5, 5.41) is 20.8. The molecule has 2 heterocycles. The highest BCUT2D eigenvalue weighted by atomic mass is 19.1. The Morgan fingerprint density at radius 2 is 2.15 bits per heavy atom. The highest BCUT2D eigenvalue weighted by Gasteiger charge is 2.33. The number of ether oxygens (including phenoxy) is 1. The van der Waals surface area contributed by atoms with Gasteiger partial charge in [-0.15, -0.1) is 0 Å². The first kappa shape index (κ1) is 22.9. The number of fused-ring (bicyclic) bond motifs is 1. The van der Waals surface area contributed by atoms with Gasteiger partial charge >= 0.3 is 6.09 Å². The standard InChI is InChI=1S/C24H29FN4O4/c1-14-22-18(20(33-10-4-3-8-26)12-21(30)29(22)17-5-6-17)11-19(25)23(14)28-9-7-16(13-28)15(2)27-24(31)32/h11-12,15-17,27H,3-7,9-10,13H2,1-2H3,(H,31,32)/t15-,16+/m0/s1. The van der Waals surface area contributed by atoms with Crippen molar-refractivity contribution in [3.8, 4) is 11.8 Å². The lowest BCUT2D eigenvalue weighted by Gasteiger charge is -2.26. The van der Waals surface area contributed by atoms with E-state index in [-0.39, 0.29) is 36.0 Å². The van der Waals surface area contributed by atoms with Gasteiger partial charge in [0.2, 0.25) is 0 Å². The average molecular weight is 457 g/mol. The molecular weight excluding hydrogens is 427 g/mol. The Morgan fingerprint density at radius 1 is 1.39 bits per heavy atom. The molecule has 176 valence electrons. The molecule has 0 unspecified atom stereocenters. The van der Waals surface area contributed by atoms with Crippen molar-refractivity contribution in [3.05, 3.63) is 33.9 Å². The number of nitriles is 1. The third-order valence-electron chi connectivity index (χ3n) is 6.66. The van der Waals surface area contributed by atoms with E-state index in [1.165, 1.54) is 12.1 Å². The fourth-order valence-corrected chi connectivity index (χ4v) is 4.87. The number of aromatic nitrogens is 1. The quantitative estimate of drug-likeness (QED) is 0.583. The SMILES string of the molecule is Cc1c(N2CC[C@@H]([C@H](C)NC(=O)O)C2)c(F)cc2c(OCCCC#N)cc(=O)n(C3CC3)c12. The molecule has 2 aliphatic rings. The molecule has 4 rings (SSSR count). The van der Waals surface area contributed by atoms with Gasteiger partial charge in [-0.25, -0.2) is 9.18 Å². The number of hydrogen-bond acceptors (Lipinski definition) is 5. The molecule has 1 aromatic heterocycles. The van der Waals surface area contributed by atoms with Crippen molar-refractivity contribution in [1.29, 1.82) is 5.26 Å². The van der Waals surface area contributed by atoms with Gasteiger partial charge < -0.3 is 24.6 Å². The number of amides is 1. The number of carbonyl (C=O) groups is 1. The number of pyridine rings is 1. The van der Waals surface area contributed by atoms with Gasteiger partial charge in [-0.3, -0.25) is 4.79 Å². The van der Waals surface area contributed by atoms with Crippen LogP contribution in [0, 0.1) is 30.0 Å². The zero-order chi connectivity index (χ0) is 23.7. The second-order valence-electron chi connectivity index (χ2n) is 9.02. The predicted octanol–water partition coefficient (Wildman–Crippen LogP) is 3.95. The van der Waals surface area contributed by atoms with E-state index in [9.17, 15) is 9.59 Å². The van der Waals surface area contributed by atoms with E-state index >= 15 is 4.39 Å². The average Bonchev–Trinajstić information content (AvgIpc) is 3.47. The first-order valence-corrected chi connectivity index (χ1v) is 11.4. The number of anilines is 1. The van der Waals surface area contributed by atoms with E-state index in [1.54, 1.807) is 4.57 Å². The van der Waals surface area contributed by atoms with Gasteiger partial charge in [-0.2, -0.15) is 5.26 Å². The summed E-state index contributed by atoms with van der Waals surface area (Å²) in [5.41, 5.74) is 1.68. The molecule has 1 aliphatic carbocycles. The zero-order valence-electron chi connectivity index (χ0n) is 18.9. The van der Waals surface area contributed by atoms with Crippen LogP contribution in [-0.2, 0) is 0 Å². The van der Waals surface area contributed by atoms with Crippen molar-refractivity contribution >= 4 is 22.7 Å². The topological polar surface area (TPSA) is 108 Å². The lowest BCUT2D eigenvalue weighted by molar-refractivity contribution is 0.186. The molecule has 1 aliphatic heterocycles. The van der Waals surface area contributed by atoms with Crippen LogP contribution in [0.4, 0.5) is 14.9 Å². The van der Waals surface area contributed by atoms with Crippen molar-refractivity contribution in [2.24, 2.45) is 5.92 Å². The summed E-state index contributed by atoms with van der Waals surface area (Å²) in [6.07, 6.45) is 2.38. The minimum atomic E-state index is -1.07. The number of nitrogens with one attached hydrogen (secondary N) is 1. The van der Waals surface area contributed by atoms with Crippen LogP contribution in [0.1, 0.15) is 50.6 Å². The van der Waals surface area contributed by atoms with Gasteiger partial charge in [0.25, 0.3) is 5.56 Å². The molecule has 2 fully saturated rings. The van der Waals surface area contributed by atoms with Crippen LogP contribution >= 0.6 is 0 Å². The molecular formula is C24H29FN4O4. The van der Waals surface area contributed by atoms with Crippen molar-refractivity contribution in [1.82, 2.24) is 9.88 Å². The van der Waals surface area contributed by atoms with Gasteiger partial charge in [0.15, 0.2) is 0 Å². The molecule has 9 heteroatoms. The molecule has 33 heavy (non-hydrogen) atoms. The van der Waals surface area contributed by atoms with E-state index in [0.717, 1.165) is 19.3 Å². The van der Waals surface area contributed by atoms with Gasteiger partial charge in [-0.1, -0.05) is 0 Å². The third-order valence-corrected chi connectivity index (χ3v) is 6.66. The second kappa shape index (κ2) is 9.30. The van der Waals surface area contributed by atoms with Crippen LogP contribution in [0.5, 0.6) is 5.75 Å². The number of halogens is 1. The Morgan fingerprint density at radius 3 is 2.82 bits per heavy atom. The molecule has 2 aromatic rings. The molecule has 1 saturated carbocycles. The van der Waals surface area contributed by atoms with Crippen LogP contribution in [0.25, 0.3) is 10.9 Å². The Kier molecular flexibility index (Phi) is 6.45. The fourth-order valence-electron chi connectivity index (χ4n) is 4.87. The number of rotatable bonds is 8. The Hall–Kier alpha value is -3.28. The van der Waals surface area contributed by atoms with Gasteiger partial charge in [0.1, 0.15) is 11.6 Å². The van der Waals surface area contributed by atoms with E-state index in [0.29, 0.717) is 53.8 Å². The van der Waals surface area contributed by atoms with Crippen molar-refractivity contribution < 1.29 is 19.0 Å².